The van der Waals surface area contributed by atoms with Gasteiger partial charge in [-0.3, -0.25) is 14.7 Å². The van der Waals surface area contributed by atoms with E-state index in [0.717, 1.165) is 27.8 Å². The Morgan fingerprint density at radius 2 is 1.85 bits per heavy atom. The van der Waals surface area contributed by atoms with Crippen molar-refractivity contribution in [3.05, 3.63) is 84.1 Å². The van der Waals surface area contributed by atoms with Gasteiger partial charge in [0.1, 0.15) is 17.2 Å². The molecule has 3 N–H and O–H groups in total. The molecule has 3 heterocycles. The van der Waals surface area contributed by atoms with Crippen molar-refractivity contribution in [3.63, 3.8) is 0 Å². The van der Waals surface area contributed by atoms with Gasteiger partial charge in [0.15, 0.2) is 5.82 Å². The fourth-order valence-corrected chi connectivity index (χ4v) is 5.06. The Bertz CT molecular complexity index is 1700. The summed E-state index contributed by atoms with van der Waals surface area (Å²) in [5.74, 6) is 1.74. The Morgan fingerprint density at radius 3 is 2.64 bits per heavy atom. The number of hydrogen-bond donors (Lipinski definition) is 3. The van der Waals surface area contributed by atoms with E-state index in [4.69, 9.17) is 9.72 Å². The molecule has 0 atom stereocenters. The molecule has 0 spiro atoms. The highest BCUT2D eigenvalue weighted by Crippen LogP contribution is 2.43. The van der Waals surface area contributed by atoms with Crippen LogP contribution >= 0.6 is 0 Å². The number of aromatic amines is 2. The number of nitrogens with zero attached hydrogens (tertiary/aromatic N) is 3. The second kappa shape index (κ2) is 9.43. The second-order valence-electron chi connectivity index (χ2n) is 10.1. The van der Waals surface area contributed by atoms with E-state index in [-0.39, 0.29) is 18.2 Å². The quantitative estimate of drug-likeness (QED) is 0.259. The van der Waals surface area contributed by atoms with E-state index in [9.17, 15) is 9.59 Å². The van der Waals surface area contributed by atoms with E-state index in [2.05, 4.69) is 20.5 Å². The standard InChI is InChI=1S/C30H28N6O3/c1-4-36-24-16-22-21(15-20(24)30(2,3)29(36)38)33-28(34-22)27-23(17-31-35-27)32-26(37)14-18-10-8-9-13-25(18)39-19-11-6-5-7-12-19/h5-13,15-17H,4,14H2,1-3H3,(H,31,35)(H,32,37)(H,33,34). The molecule has 0 saturated carbocycles. The number of carbonyl (C=O) groups excluding carboxylic acids is 2. The predicted octanol–water partition coefficient (Wildman–Crippen LogP) is 5.57. The number of benzene rings is 3. The summed E-state index contributed by atoms with van der Waals surface area (Å²) in [6, 6.07) is 20.9. The molecule has 39 heavy (non-hydrogen) atoms. The summed E-state index contributed by atoms with van der Waals surface area (Å²) in [5.41, 5.74) is 4.61. The fraction of sp³-hybridized carbons (Fsp3) is 0.200. The van der Waals surface area contributed by atoms with Crippen LogP contribution in [0.15, 0.2) is 72.9 Å². The third kappa shape index (κ3) is 4.31. The van der Waals surface area contributed by atoms with Crippen LogP contribution in [0, 0.1) is 0 Å². The van der Waals surface area contributed by atoms with E-state index in [1.807, 2.05) is 87.5 Å². The summed E-state index contributed by atoms with van der Waals surface area (Å²) in [4.78, 5) is 35.8. The number of rotatable bonds is 7. The van der Waals surface area contributed by atoms with E-state index in [1.165, 1.54) is 0 Å². The van der Waals surface area contributed by atoms with Gasteiger partial charge in [-0.1, -0.05) is 36.4 Å². The number of aromatic nitrogens is 4. The molecule has 0 unspecified atom stereocenters. The Balaban J connectivity index is 1.24. The molecule has 0 radical (unpaired) electrons. The van der Waals surface area contributed by atoms with Gasteiger partial charge in [0.2, 0.25) is 11.8 Å². The Labute approximate surface area is 225 Å². The lowest BCUT2D eigenvalue weighted by Gasteiger charge is -2.18. The molecular weight excluding hydrogens is 492 g/mol. The summed E-state index contributed by atoms with van der Waals surface area (Å²) in [7, 11) is 0. The highest BCUT2D eigenvalue weighted by molar-refractivity contribution is 6.09. The smallest absolute Gasteiger partial charge is 0.237 e. The second-order valence-corrected chi connectivity index (χ2v) is 10.1. The van der Waals surface area contributed by atoms with Crippen molar-refractivity contribution in [1.29, 1.82) is 0 Å². The molecule has 1 aliphatic rings. The van der Waals surface area contributed by atoms with E-state index in [0.29, 0.717) is 35.2 Å². The van der Waals surface area contributed by atoms with Gasteiger partial charge in [-0.15, -0.1) is 0 Å². The highest BCUT2D eigenvalue weighted by Gasteiger charge is 2.43. The van der Waals surface area contributed by atoms with Crippen LogP contribution in [0.25, 0.3) is 22.6 Å². The molecule has 0 bridgehead atoms. The maximum Gasteiger partial charge on any atom is 0.237 e. The predicted molar refractivity (Wildman–Crippen MR) is 150 cm³/mol. The molecule has 1 aliphatic heterocycles. The molecule has 3 aromatic carbocycles. The Morgan fingerprint density at radius 1 is 1.08 bits per heavy atom. The minimum Gasteiger partial charge on any atom is -0.457 e. The van der Waals surface area contributed by atoms with Crippen molar-refractivity contribution < 1.29 is 14.3 Å². The molecule has 9 nitrogen and oxygen atoms in total. The third-order valence-electron chi connectivity index (χ3n) is 7.10. The number of H-pyrrole nitrogens is 2. The summed E-state index contributed by atoms with van der Waals surface area (Å²) in [6.45, 7) is 6.44. The van der Waals surface area contributed by atoms with E-state index in [1.54, 1.807) is 11.1 Å². The van der Waals surface area contributed by atoms with E-state index >= 15 is 0 Å². The van der Waals surface area contributed by atoms with Crippen molar-refractivity contribution in [2.75, 3.05) is 16.8 Å². The van der Waals surface area contributed by atoms with Crippen LogP contribution in [-0.4, -0.2) is 38.5 Å². The first kappa shape index (κ1) is 24.4. The zero-order valence-electron chi connectivity index (χ0n) is 21.9. The zero-order chi connectivity index (χ0) is 27.1. The number of ether oxygens (including phenoxy) is 1. The molecule has 5 aromatic rings. The molecule has 6 rings (SSSR count). The molecular formula is C30H28N6O3. The summed E-state index contributed by atoms with van der Waals surface area (Å²) in [6.07, 6.45) is 1.68. The van der Waals surface area contributed by atoms with Gasteiger partial charge < -0.3 is 19.9 Å². The van der Waals surface area contributed by atoms with Crippen LogP contribution in [0.2, 0.25) is 0 Å². The number of para-hydroxylation sites is 2. The number of anilines is 2. The largest absolute Gasteiger partial charge is 0.457 e. The van der Waals surface area contributed by atoms with Crippen molar-refractivity contribution in [2.24, 2.45) is 0 Å². The van der Waals surface area contributed by atoms with Crippen molar-refractivity contribution >= 4 is 34.2 Å². The number of nitrogens with one attached hydrogen (secondary N) is 3. The molecule has 0 saturated heterocycles. The fourth-order valence-electron chi connectivity index (χ4n) is 5.06. The maximum atomic E-state index is 13.1. The minimum atomic E-state index is -0.613. The number of carbonyl (C=O) groups is 2. The average Bonchev–Trinajstić information content (AvgIpc) is 3.60. The SMILES string of the molecule is CCN1C(=O)C(C)(C)c2cc3[nH]c(-c4[nH]ncc4NC(=O)Cc4ccccc4Oc4ccccc4)nc3cc21. The number of fused-ring (bicyclic) bond motifs is 2. The maximum absolute atomic E-state index is 13.1. The first-order chi connectivity index (χ1) is 18.8. The lowest BCUT2D eigenvalue weighted by atomic mass is 9.86. The molecule has 196 valence electrons. The lowest BCUT2D eigenvalue weighted by molar-refractivity contribution is -0.122. The zero-order valence-corrected chi connectivity index (χ0v) is 21.9. The van der Waals surface area contributed by atoms with Gasteiger partial charge >= 0.3 is 0 Å². The van der Waals surface area contributed by atoms with Gasteiger partial charge in [0.05, 0.1) is 40.4 Å². The van der Waals surface area contributed by atoms with Gasteiger partial charge in [0.25, 0.3) is 0 Å². The number of likely N-dealkylation sites (N-methyl/N-ethyl adjacent to an activating group) is 1. The first-order valence-corrected chi connectivity index (χ1v) is 12.9. The van der Waals surface area contributed by atoms with Crippen molar-refractivity contribution in [3.8, 4) is 23.0 Å². The van der Waals surface area contributed by atoms with Crippen LogP contribution in [0.5, 0.6) is 11.5 Å². The number of imidazole rings is 1. The first-order valence-electron chi connectivity index (χ1n) is 12.9. The Hall–Kier alpha value is -4.92. The van der Waals surface area contributed by atoms with Crippen LogP contribution in [0.3, 0.4) is 0 Å². The molecule has 2 aromatic heterocycles. The summed E-state index contributed by atoms with van der Waals surface area (Å²) >= 11 is 0. The number of amides is 2. The van der Waals surface area contributed by atoms with E-state index < -0.39 is 5.41 Å². The number of hydrogen-bond acceptors (Lipinski definition) is 5. The highest BCUT2D eigenvalue weighted by atomic mass is 16.5. The molecule has 9 heteroatoms. The van der Waals surface area contributed by atoms with Gasteiger partial charge in [-0.2, -0.15) is 5.10 Å². The summed E-state index contributed by atoms with van der Waals surface area (Å²) in [5, 5.41) is 10.0. The molecule has 0 fully saturated rings. The monoisotopic (exact) mass is 520 g/mol. The average molecular weight is 521 g/mol. The van der Waals surface area contributed by atoms with Crippen LogP contribution in [0.4, 0.5) is 11.4 Å². The molecule has 0 aliphatic carbocycles. The van der Waals surface area contributed by atoms with Crippen molar-refractivity contribution in [2.45, 2.75) is 32.6 Å². The Kier molecular flexibility index (Phi) is 5.91. The topological polar surface area (TPSA) is 116 Å². The van der Waals surface area contributed by atoms with Gasteiger partial charge in [-0.25, -0.2) is 4.98 Å². The van der Waals surface area contributed by atoms with Crippen molar-refractivity contribution in [1.82, 2.24) is 20.2 Å². The normalized spacial score (nSPS) is 14.0. The van der Waals surface area contributed by atoms with Crippen LogP contribution < -0.4 is 15.0 Å². The molecule has 2 amide bonds. The lowest BCUT2D eigenvalue weighted by Crippen LogP contribution is -2.35. The van der Waals surface area contributed by atoms with Crippen LogP contribution in [-0.2, 0) is 21.4 Å². The summed E-state index contributed by atoms with van der Waals surface area (Å²) < 4.78 is 6.00. The third-order valence-corrected chi connectivity index (χ3v) is 7.10. The van der Waals surface area contributed by atoms with Crippen LogP contribution in [0.1, 0.15) is 31.9 Å². The minimum absolute atomic E-state index is 0.0854. The van der Waals surface area contributed by atoms with Gasteiger partial charge in [0, 0.05) is 12.1 Å². The van der Waals surface area contributed by atoms with Gasteiger partial charge in [-0.05, 0) is 56.7 Å².